The van der Waals surface area contributed by atoms with Gasteiger partial charge in [-0.25, -0.2) is 4.79 Å². The Balaban J connectivity index is 0.000000975. The Labute approximate surface area is 208 Å². The maximum Gasteiger partial charge on any atom is 0.331 e. The Morgan fingerprint density at radius 1 is 1.11 bits per heavy atom. The van der Waals surface area contributed by atoms with Crippen LogP contribution in [0.4, 0.5) is 0 Å². The van der Waals surface area contributed by atoms with Gasteiger partial charge in [-0.2, -0.15) is 0 Å². The molecule has 0 atom stereocenters. The number of allylic oxidation sites excluding steroid dienone is 4. The molecule has 1 saturated carbocycles. The quantitative estimate of drug-likeness (QED) is 0.220. The van der Waals surface area contributed by atoms with Gasteiger partial charge in [-0.1, -0.05) is 69.7 Å². The highest BCUT2D eigenvalue weighted by Crippen LogP contribution is 2.31. The highest BCUT2D eigenvalue weighted by Gasteiger charge is 2.15. The molecule has 0 spiro atoms. The van der Waals surface area contributed by atoms with Crippen LogP contribution in [0.3, 0.4) is 0 Å². The van der Waals surface area contributed by atoms with Crippen molar-refractivity contribution in [1.29, 1.82) is 0 Å². The number of Topliss-reactive ketones (excluding diaryl/α,β-unsaturated/α-hetero) is 1. The van der Waals surface area contributed by atoms with Gasteiger partial charge in [0.25, 0.3) is 0 Å². The third kappa shape index (κ3) is 8.93. The van der Waals surface area contributed by atoms with Crippen molar-refractivity contribution in [3.8, 4) is 11.5 Å². The van der Waals surface area contributed by atoms with Crippen LogP contribution in [0.15, 0.2) is 72.4 Å². The van der Waals surface area contributed by atoms with Gasteiger partial charge in [0.05, 0.1) is 5.56 Å². The van der Waals surface area contributed by atoms with Gasteiger partial charge in [0.1, 0.15) is 18.1 Å². The van der Waals surface area contributed by atoms with Gasteiger partial charge in [-0.15, -0.1) is 0 Å². The summed E-state index contributed by atoms with van der Waals surface area (Å²) in [6, 6.07) is 11.1. The van der Waals surface area contributed by atoms with E-state index in [9.17, 15) is 14.7 Å². The number of hydrogen-bond donors (Lipinski definition) is 2. The van der Waals surface area contributed by atoms with Crippen LogP contribution in [0.25, 0.3) is 0 Å². The standard InChI is InChI=1S/C26H28O5.C4H8/c1-5-7-21(14-17(3)26(29)30)15-19-8-10-20(11-9-19)16-31-24-13-12-22(23(27)6-2)25(28)18(24)4;1-4-2-3-4/h5,7-14,28H,1,6,15-16H2,2-4H3,(H,29,30);4H,2-3H2,1H3/b17-14+,21-7+;. The third-order valence-electron chi connectivity index (χ3n) is 5.77. The average Bonchev–Trinajstić information content (AvgIpc) is 3.63. The highest BCUT2D eigenvalue weighted by molar-refractivity contribution is 5.99. The molecule has 5 heteroatoms. The lowest BCUT2D eigenvalue weighted by atomic mass is 10.0. The Morgan fingerprint density at radius 2 is 1.71 bits per heavy atom. The molecule has 2 N–H and O–H groups in total. The number of ether oxygens (including phenoxy) is 1. The van der Waals surface area contributed by atoms with Crippen LogP contribution < -0.4 is 4.74 Å². The van der Waals surface area contributed by atoms with E-state index in [2.05, 4.69) is 13.5 Å². The SMILES string of the molecule is C=C/C=C(\C=C(/C)C(=O)O)Cc1ccc(COc2ccc(C(=O)CC)c(O)c2C)cc1.CC1CC1. The molecule has 186 valence electrons. The van der Waals surface area contributed by atoms with Crippen LogP contribution in [0.5, 0.6) is 11.5 Å². The summed E-state index contributed by atoms with van der Waals surface area (Å²) in [5.74, 6) is 0.516. The van der Waals surface area contributed by atoms with Crippen LogP contribution in [0.2, 0.25) is 0 Å². The summed E-state index contributed by atoms with van der Waals surface area (Å²) in [6.45, 7) is 11.3. The zero-order valence-corrected chi connectivity index (χ0v) is 21.1. The molecule has 0 bridgehead atoms. The smallest absolute Gasteiger partial charge is 0.331 e. The summed E-state index contributed by atoms with van der Waals surface area (Å²) in [6.07, 6.45) is 8.96. The lowest BCUT2D eigenvalue weighted by Crippen LogP contribution is -2.02. The van der Waals surface area contributed by atoms with Gasteiger partial charge in [0.2, 0.25) is 0 Å². The summed E-state index contributed by atoms with van der Waals surface area (Å²) in [7, 11) is 0. The molecule has 3 rings (SSSR count). The van der Waals surface area contributed by atoms with Crippen molar-refractivity contribution < 1.29 is 24.5 Å². The largest absolute Gasteiger partial charge is 0.507 e. The van der Waals surface area contributed by atoms with Crippen LogP contribution in [-0.2, 0) is 17.8 Å². The summed E-state index contributed by atoms with van der Waals surface area (Å²) >= 11 is 0. The molecule has 1 aliphatic rings. The molecule has 0 unspecified atom stereocenters. The fourth-order valence-electron chi connectivity index (χ4n) is 3.22. The van der Waals surface area contributed by atoms with Crippen molar-refractivity contribution in [2.45, 2.75) is 60.0 Å². The Bertz CT molecular complexity index is 1100. The number of aromatic hydroxyl groups is 1. The zero-order valence-electron chi connectivity index (χ0n) is 21.1. The van der Waals surface area contributed by atoms with Gasteiger partial charge in [0.15, 0.2) is 5.78 Å². The first kappa shape index (κ1) is 27.6. The van der Waals surface area contributed by atoms with Crippen molar-refractivity contribution in [2.75, 3.05) is 0 Å². The number of aliphatic carboxylic acids is 1. The number of hydrogen-bond acceptors (Lipinski definition) is 4. The van der Waals surface area contributed by atoms with Gasteiger partial charge in [0, 0.05) is 17.6 Å². The first-order valence-corrected chi connectivity index (χ1v) is 12.0. The van der Waals surface area contributed by atoms with Gasteiger partial charge in [-0.3, -0.25) is 4.79 Å². The minimum atomic E-state index is -0.948. The number of carboxylic acids is 1. The Morgan fingerprint density at radius 3 is 2.23 bits per heavy atom. The van der Waals surface area contributed by atoms with Crippen molar-refractivity contribution in [3.05, 3.63) is 94.6 Å². The highest BCUT2D eigenvalue weighted by atomic mass is 16.5. The third-order valence-corrected chi connectivity index (χ3v) is 5.77. The summed E-state index contributed by atoms with van der Waals surface area (Å²) < 4.78 is 5.84. The number of carbonyl (C=O) groups excluding carboxylic acids is 1. The van der Waals surface area contributed by atoms with E-state index in [0.717, 1.165) is 22.6 Å². The maximum atomic E-state index is 11.9. The van der Waals surface area contributed by atoms with E-state index in [-0.39, 0.29) is 17.1 Å². The monoisotopic (exact) mass is 476 g/mol. The first-order valence-electron chi connectivity index (χ1n) is 12.0. The summed E-state index contributed by atoms with van der Waals surface area (Å²) in [5, 5.41) is 19.4. The number of benzene rings is 2. The molecule has 0 aromatic heterocycles. The number of carboxylic acid groups (broad SMARTS) is 1. The van der Waals surface area contributed by atoms with Gasteiger partial charge < -0.3 is 14.9 Å². The molecule has 0 amide bonds. The normalized spacial score (nSPS) is 13.5. The van der Waals surface area contributed by atoms with Crippen molar-refractivity contribution in [1.82, 2.24) is 0 Å². The molecule has 1 aliphatic carbocycles. The number of carbonyl (C=O) groups is 2. The number of phenolic OH excluding ortho intramolecular Hbond substituents is 1. The zero-order chi connectivity index (χ0) is 26.0. The van der Waals surface area contributed by atoms with Crippen molar-refractivity contribution >= 4 is 11.8 Å². The minimum absolute atomic E-state index is 0.0362. The average molecular weight is 477 g/mol. The van der Waals surface area contributed by atoms with E-state index >= 15 is 0 Å². The molecule has 2 aromatic carbocycles. The molecule has 1 fully saturated rings. The number of ketones is 1. The second-order valence-corrected chi connectivity index (χ2v) is 8.94. The minimum Gasteiger partial charge on any atom is -0.507 e. The van der Waals surface area contributed by atoms with Crippen molar-refractivity contribution in [2.24, 2.45) is 5.92 Å². The van der Waals surface area contributed by atoms with Crippen LogP contribution in [-0.4, -0.2) is 22.0 Å². The molecule has 0 heterocycles. The maximum absolute atomic E-state index is 11.9. The second kappa shape index (κ2) is 13.3. The van der Waals surface area contributed by atoms with Crippen LogP contribution in [0, 0.1) is 12.8 Å². The molecule has 5 nitrogen and oxygen atoms in total. The Kier molecular flexibility index (Phi) is 10.5. The fourth-order valence-corrected chi connectivity index (χ4v) is 3.22. The number of rotatable bonds is 10. The van der Waals surface area contributed by atoms with Crippen LogP contribution in [0.1, 0.15) is 67.1 Å². The second-order valence-electron chi connectivity index (χ2n) is 8.94. The predicted molar refractivity (Wildman–Crippen MR) is 140 cm³/mol. The molecule has 2 aromatic rings. The molecular weight excluding hydrogens is 440 g/mol. The summed E-state index contributed by atoms with van der Waals surface area (Å²) in [4.78, 5) is 22.9. The van der Waals surface area contributed by atoms with E-state index in [4.69, 9.17) is 9.84 Å². The fraction of sp³-hybridized carbons (Fsp3) is 0.333. The molecule has 0 aliphatic heterocycles. The predicted octanol–water partition coefficient (Wildman–Crippen LogP) is 6.97. The van der Waals surface area contributed by atoms with E-state index in [1.165, 1.54) is 12.8 Å². The molecule has 0 radical (unpaired) electrons. The summed E-state index contributed by atoms with van der Waals surface area (Å²) in [5.41, 5.74) is 3.95. The van der Waals surface area contributed by atoms with Gasteiger partial charge in [-0.05, 0) is 61.1 Å². The molecule has 35 heavy (non-hydrogen) atoms. The van der Waals surface area contributed by atoms with E-state index in [1.54, 1.807) is 51.1 Å². The van der Waals surface area contributed by atoms with Crippen LogP contribution >= 0.6 is 0 Å². The molecular formula is C30H36O5. The van der Waals surface area contributed by atoms with E-state index < -0.39 is 5.97 Å². The van der Waals surface area contributed by atoms with Crippen molar-refractivity contribution in [3.63, 3.8) is 0 Å². The Hall–Kier alpha value is -3.60. The van der Waals surface area contributed by atoms with E-state index in [0.29, 0.717) is 36.3 Å². The van der Waals surface area contributed by atoms with Gasteiger partial charge >= 0.3 is 5.97 Å². The first-order chi connectivity index (χ1) is 16.7. The lowest BCUT2D eigenvalue weighted by Gasteiger charge is -2.13. The lowest BCUT2D eigenvalue weighted by molar-refractivity contribution is -0.132. The topological polar surface area (TPSA) is 83.8 Å². The van der Waals surface area contributed by atoms with E-state index in [1.807, 2.05) is 24.3 Å². The number of phenols is 1. The molecule has 0 saturated heterocycles.